The molecule has 0 saturated heterocycles. The highest BCUT2D eigenvalue weighted by Crippen LogP contribution is 2.45. The average Bonchev–Trinajstić information content (AvgIpc) is 2.76. The van der Waals surface area contributed by atoms with Crippen LogP contribution >= 0.6 is 0 Å². The van der Waals surface area contributed by atoms with Gasteiger partial charge in [0.05, 0.1) is 5.41 Å². The quantitative estimate of drug-likeness (QED) is 0.871. The summed E-state index contributed by atoms with van der Waals surface area (Å²) in [6, 6.07) is 7.93. The first-order valence-corrected chi connectivity index (χ1v) is 6.43. The largest absolute Gasteiger partial charge is 0.481 e. The van der Waals surface area contributed by atoms with Crippen LogP contribution in [0.15, 0.2) is 24.3 Å². The zero-order chi connectivity index (χ0) is 13.2. The fourth-order valence-electron chi connectivity index (χ4n) is 3.13. The highest BCUT2D eigenvalue weighted by atomic mass is 16.5. The van der Waals surface area contributed by atoms with Crippen LogP contribution in [-0.2, 0) is 21.4 Å². The van der Waals surface area contributed by atoms with Crippen molar-refractivity contribution in [3.05, 3.63) is 35.4 Å². The van der Waals surface area contributed by atoms with E-state index < -0.39 is 11.4 Å². The molecule has 0 spiro atoms. The molecular weight excluding hydrogens is 228 g/mol. The van der Waals surface area contributed by atoms with Crippen molar-refractivity contribution in [2.45, 2.75) is 31.6 Å². The maximum absolute atomic E-state index is 11.9. The summed E-state index contributed by atoms with van der Waals surface area (Å²) in [6.07, 6.45) is 2.34. The second kappa shape index (κ2) is 5.11. The Morgan fingerprint density at radius 1 is 1.50 bits per heavy atom. The van der Waals surface area contributed by atoms with Crippen LogP contribution in [0.2, 0.25) is 0 Å². The summed E-state index contributed by atoms with van der Waals surface area (Å²) in [5.41, 5.74) is 1.46. The van der Waals surface area contributed by atoms with E-state index >= 15 is 0 Å². The summed E-state index contributed by atoms with van der Waals surface area (Å²) >= 11 is 0. The normalized spacial score (nSPS) is 23.7. The van der Waals surface area contributed by atoms with E-state index in [1.807, 2.05) is 31.2 Å². The number of aliphatic carboxylic acids is 1. The highest BCUT2D eigenvalue weighted by molar-refractivity contribution is 5.83. The van der Waals surface area contributed by atoms with Gasteiger partial charge >= 0.3 is 5.97 Å². The summed E-state index contributed by atoms with van der Waals surface area (Å²) in [5.74, 6) is -0.616. The second-order valence-corrected chi connectivity index (χ2v) is 5.12. The molecule has 1 aliphatic carbocycles. The van der Waals surface area contributed by atoms with Gasteiger partial charge in [-0.15, -0.1) is 0 Å². The molecule has 2 unspecified atom stereocenters. The summed E-state index contributed by atoms with van der Waals surface area (Å²) in [6.45, 7) is 2.63. The number of hydrogen-bond donors (Lipinski definition) is 1. The van der Waals surface area contributed by atoms with Gasteiger partial charge < -0.3 is 9.84 Å². The number of carboxylic acids is 1. The van der Waals surface area contributed by atoms with E-state index in [4.69, 9.17) is 4.74 Å². The van der Waals surface area contributed by atoms with Crippen LogP contribution in [0.3, 0.4) is 0 Å². The van der Waals surface area contributed by atoms with Crippen molar-refractivity contribution >= 4 is 5.97 Å². The van der Waals surface area contributed by atoms with Crippen molar-refractivity contribution in [1.82, 2.24) is 0 Å². The van der Waals surface area contributed by atoms with Crippen LogP contribution in [0.1, 0.15) is 30.9 Å². The fourth-order valence-corrected chi connectivity index (χ4v) is 3.13. The number of fused-ring (bicyclic) bond motifs is 1. The molecule has 1 N–H and O–H groups in total. The lowest BCUT2D eigenvalue weighted by molar-refractivity contribution is -0.146. The molecule has 0 aromatic heterocycles. The molecule has 3 heteroatoms. The van der Waals surface area contributed by atoms with Gasteiger partial charge in [-0.3, -0.25) is 4.79 Å². The molecule has 3 nitrogen and oxygen atoms in total. The molecule has 1 aliphatic rings. The molecular formula is C15H20O3. The Hall–Kier alpha value is -1.35. The predicted octanol–water partition coefficient (Wildman–Crippen LogP) is 2.63. The lowest BCUT2D eigenvalue weighted by Gasteiger charge is -2.32. The number of benzene rings is 1. The first-order chi connectivity index (χ1) is 8.63. The number of methoxy groups -OCH3 is 1. The summed E-state index contributed by atoms with van der Waals surface area (Å²) < 4.78 is 5.09. The Labute approximate surface area is 108 Å². The molecule has 0 amide bonds. The maximum atomic E-state index is 11.9. The van der Waals surface area contributed by atoms with Crippen molar-refractivity contribution in [2.75, 3.05) is 13.7 Å². The molecule has 98 valence electrons. The minimum Gasteiger partial charge on any atom is -0.481 e. The van der Waals surface area contributed by atoms with E-state index in [1.165, 1.54) is 5.56 Å². The van der Waals surface area contributed by atoms with Crippen molar-refractivity contribution in [3.8, 4) is 0 Å². The van der Waals surface area contributed by atoms with Gasteiger partial charge in [-0.05, 0) is 36.3 Å². The van der Waals surface area contributed by atoms with Crippen LogP contribution in [0, 0.1) is 5.92 Å². The van der Waals surface area contributed by atoms with Crippen molar-refractivity contribution in [3.63, 3.8) is 0 Å². The Bertz CT molecular complexity index is 441. The number of carboxylic acid groups (broad SMARTS) is 1. The Morgan fingerprint density at radius 3 is 2.89 bits per heavy atom. The van der Waals surface area contributed by atoms with E-state index in [2.05, 4.69) is 0 Å². The van der Waals surface area contributed by atoms with Crippen LogP contribution < -0.4 is 0 Å². The lowest BCUT2D eigenvalue weighted by Crippen LogP contribution is -2.40. The third-order valence-corrected chi connectivity index (χ3v) is 4.26. The van der Waals surface area contributed by atoms with Crippen LogP contribution in [-0.4, -0.2) is 24.8 Å². The fraction of sp³-hybridized carbons (Fsp3) is 0.533. The van der Waals surface area contributed by atoms with Gasteiger partial charge in [0.1, 0.15) is 0 Å². The number of hydrogen-bond acceptors (Lipinski definition) is 2. The lowest BCUT2D eigenvalue weighted by atomic mass is 9.70. The first kappa shape index (κ1) is 13.1. The molecule has 0 heterocycles. The number of aryl methyl sites for hydroxylation is 1. The first-order valence-electron chi connectivity index (χ1n) is 6.43. The van der Waals surface area contributed by atoms with Crippen LogP contribution in [0.4, 0.5) is 0 Å². The van der Waals surface area contributed by atoms with Crippen LogP contribution in [0.5, 0.6) is 0 Å². The number of rotatable bonds is 5. The van der Waals surface area contributed by atoms with Gasteiger partial charge in [0, 0.05) is 13.7 Å². The average molecular weight is 248 g/mol. The molecule has 0 radical (unpaired) electrons. The van der Waals surface area contributed by atoms with Gasteiger partial charge in [0.25, 0.3) is 0 Å². The smallest absolute Gasteiger partial charge is 0.314 e. The summed E-state index contributed by atoms with van der Waals surface area (Å²) in [4.78, 5) is 11.9. The molecule has 2 rings (SSSR count). The number of ether oxygens (including phenoxy) is 1. The second-order valence-electron chi connectivity index (χ2n) is 5.12. The molecule has 2 atom stereocenters. The van der Waals surface area contributed by atoms with Crippen molar-refractivity contribution in [2.24, 2.45) is 5.92 Å². The Balaban J connectivity index is 2.38. The maximum Gasteiger partial charge on any atom is 0.314 e. The van der Waals surface area contributed by atoms with Crippen LogP contribution in [0.25, 0.3) is 0 Å². The topological polar surface area (TPSA) is 46.5 Å². The Morgan fingerprint density at radius 2 is 2.22 bits per heavy atom. The molecule has 1 aromatic rings. The number of carbonyl (C=O) groups is 1. The van der Waals surface area contributed by atoms with E-state index in [0.29, 0.717) is 13.0 Å². The Kier molecular flexibility index (Phi) is 3.71. The summed E-state index contributed by atoms with van der Waals surface area (Å²) in [5, 5.41) is 9.74. The zero-order valence-corrected chi connectivity index (χ0v) is 11.0. The molecule has 0 saturated carbocycles. The van der Waals surface area contributed by atoms with E-state index in [0.717, 1.165) is 18.4 Å². The standard InChI is InChI=1S/C15H20O3/c1-11(8-10-18-2)15(14(16)17)9-7-12-5-3-4-6-13(12)15/h3-6,11H,7-10H2,1-2H3,(H,16,17). The van der Waals surface area contributed by atoms with Gasteiger partial charge in [-0.25, -0.2) is 0 Å². The van der Waals surface area contributed by atoms with Crippen molar-refractivity contribution < 1.29 is 14.6 Å². The van der Waals surface area contributed by atoms with Gasteiger partial charge in [-0.1, -0.05) is 31.2 Å². The molecule has 18 heavy (non-hydrogen) atoms. The molecule has 1 aromatic carbocycles. The highest BCUT2D eigenvalue weighted by Gasteiger charge is 2.49. The van der Waals surface area contributed by atoms with Gasteiger partial charge in [0.15, 0.2) is 0 Å². The van der Waals surface area contributed by atoms with Gasteiger partial charge in [-0.2, -0.15) is 0 Å². The minimum atomic E-state index is -0.727. The molecule has 0 bridgehead atoms. The molecule has 0 aliphatic heterocycles. The third kappa shape index (κ3) is 1.93. The van der Waals surface area contributed by atoms with E-state index in [-0.39, 0.29) is 5.92 Å². The zero-order valence-electron chi connectivity index (χ0n) is 11.0. The van der Waals surface area contributed by atoms with E-state index in [9.17, 15) is 9.90 Å². The third-order valence-electron chi connectivity index (χ3n) is 4.26. The molecule has 0 fully saturated rings. The SMILES string of the molecule is COCCC(C)C1(C(=O)O)CCc2ccccc21. The van der Waals surface area contributed by atoms with E-state index in [1.54, 1.807) is 7.11 Å². The summed E-state index contributed by atoms with van der Waals surface area (Å²) in [7, 11) is 1.66. The predicted molar refractivity (Wildman–Crippen MR) is 69.7 cm³/mol. The minimum absolute atomic E-state index is 0.0820. The monoisotopic (exact) mass is 248 g/mol. The van der Waals surface area contributed by atoms with Crippen molar-refractivity contribution in [1.29, 1.82) is 0 Å². The van der Waals surface area contributed by atoms with Gasteiger partial charge in [0.2, 0.25) is 0 Å².